The molecule has 0 aromatic carbocycles. The zero-order chi connectivity index (χ0) is 6.95. The van der Waals surface area contributed by atoms with E-state index in [1.165, 1.54) is 0 Å². The fourth-order valence-electron chi connectivity index (χ4n) is 0.313. The Bertz CT molecular complexity index is 97.8. The molecule has 1 heterocycles. The van der Waals surface area contributed by atoms with Gasteiger partial charge in [0.25, 0.3) is 0 Å². The number of aromatic nitrogens is 1. The fourth-order valence-corrected chi connectivity index (χ4v) is 0.313. The van der Waals surface area contributed by atoms with Gasteiger partial charge in [0.1, 0.15) is 0 Å². The smallest absolute Gasteiger partial charge is 0.0267 e. The molecule has 0 N–H and O–H groups in total. The fraction of sp³-hybridized carbons (Fsp3) is 0. The van der Waals surface area contributed by atoms with Gasteiger partial charge in [0.2, 0.25) is 0 Å². The van der Waals surface area contributed by atoms with E-state index in [0.29, 0.717) is 0 Å². The first-order valence-corrected chi connectivity index (χ1v) is 11.8. The summed E-state index contributed by atoms with van der Waals surface area (Å²) in [4.78, 5) is 3.78. The summed E-state index contributed by atoms with van der Waals surface area (Å²) in [6.07, 6.45) is 3.50. The van der Waals surface area contributed by atoms with Gasteiger partial charge in [-0.05, 0) is 12.1 Å². The van der Waals surface area contributed by atoms with Crippen molar-refractivity contribution >= 4 is 25.4 Å². The Hall–Kier alpha value is 0.840. The van der Waals surface area contributed by atoms with Gasteiger partial charge in [0.15, 0.2) is 0 Å². The molecule has 0 spiro atoms. The Balaban J connectivity index is 0.000000187. The number of hydrogen-bond donors (Lipinski definition) is 0. The molecular weight excluding hydrogens is 361 g/mol. The van der Waals surface area contributed by atoms with E-state index in [4.69, 9.17) is 0 Å². The van der Waals surface area contributed by atoms with Crippen molar-refractivity contribution in [2.75, 3.05) is 0 Å². The maximum Gasteiger partial charge on any atom is 0.0267 e. The van der Waals surface area contributed by atoms with Crippen LogP contribution in [0.15, 0.2) is 30.6 Å². The predicted octanol–water partition coefficient (Wildman–Crippen LogP) is -0.223. The molecule has 0 aliphatic heterocycles. The maximum atomic E-state index is 3.78. The summed E-state index contributed by atoms with van der Waals surface area (Å²) in [5.74, 6) is 0. The zero-order valence-electron chi connectivity index (χ0n) is 4.47. The Kier molecular flexibility index (Phi) is 9.67. The SMILES string of the molecule is Br[I-]Br.c1ccncc1. The Labute approximate surface area is 77.0 Å². The molecule has 0 unspecified atom stereocenters. The number of nitrogens with zero attached hydrogens (tertiary/aromatic N) is 1. The first kappa shape index (κ1) is 9.84. The number of pyridine rings is 1. The Morgan fingerprint density at radius 2 is 1.44 bits per heavy atom. The van der Waals surface area contributed by atoms with E-state index in [-0.39, 0.29) is 16.8 Å². The van der Waals surface area contributed by atoms with Gasteiger partial charge < -0.3 is 0 Å². The predicted molar refractivity (Wildman–Crippen MR) is 42.1 cm³/mol. The third kappa shape index (κ3) is 8.84. The molecule has 0 atom stereocenters. The number of hydrogen-bond acceptors (Lipinski definition) is 1. The van der Waals surface area contributed by atoms with Crippen molar-refractivity contribution < 1.29 is 16.8 Å². The van der Waals surface area contributed by atoms with Gasteiger partial charge in [-0.2, -0.15) is 0 Å². The largest absolute Gasteiger partial charge is 0.265 e. The van der Waals surface area contributed by atoms with E-state index in [0.717, 1.165) is 0 Å². The van der Waals surface area contributed by atoms with Crippen molar-refractivity contribution in [2.24, 2.45) is 0 Å². The monoisotopic (exact) mass is 364 g/mol. The summed E-state index contributed by atoms with van der Waals surface area (Å²) in [7, 11) is 0. The molecule has 4 heteroatoms. The summed E-state index contributed by atoms with van der Waals surface area (Å²) in [5, 5.41) is 0. The first-order chi connectivity index (χ1) is 4.41. The third-order valence-corrected chi connectivity index (χ3v) is 0.566. The second-order valence-electron chi connectivity index (χ2n) is 1.08. The van der Waals surface area contributed by atoms with Crippen molar-refractivity contribution in [3.8, 4) is 0 Å². The van der Waals surface area contributed by atoms with Gasteiger partial charge in [-0.1, -0.05) is 6.07 Å². The Morgan fingerprint density at radius 1 is 1.00 bits per heavy atom. The molecule has 1 aromatic heterocycles. The molecule has 0 saturated heterocycles. The molecule has 1 rings (SSSR count). The van der Waals surface area contributed by atoms with Crippen LogP contribution in [0.5, 0.6) is 0 Å². The van der Waals surface area contributed by atoms with Crippen LogP contribution in [0, 0.1) is 0 Å². The van der Waals surface area contributed by atoms with E-state index in [9.17, 15) is 0 Å². The van der Waals surface area contributed by atoms with Crippen LogP contribution >= 0.6 is 25.4 Å². The van der Waals surface area contributed by atoms with Gasteiger partial charge in [0.05, 0.1) is 0 Å². The van der Waals surface area contributed by atoms with Gasteiger partial charge in [-0.3, -0.25) is 4.98 Å². The molecule has 1 aromatic rings. The second-order valence-corrected chi connectivity index (χ2v) is 10.8. The Morgan fingerprint density at radius 3 is 1.56 bits per heavy atom. The van der Waals surface area contributed by atoms with Crippen LogP contribution < -0.4 is 16.8 Å². The van der Waals surface area contributed by atoms with Crippen molar-refractivity contribution in [2.45, 2.75) is 0 Å². The normalized spacial score (nSPS) is 7.78. The molecule has 0 saturated carbocycles. The molecule has 0 bridgehead atoms. The molecule has 0 radical (unpaired) electrons. The number of rotatable bonds is 0. The second kappa shape index (κ2) is 8.84. The quantitative estimate of drug-likeness (QED) is 0.579. The van der Waals surface area contributed by atoms with Gasteiger partial charge >= 0.3 is 42.1 Å². The summed E-state index contributed by atoms with van der Waals surface area (Å²) >= 11 is 6.56. The summed E-state index contributed by atoms with van der Waals surface area (Å²) < 4.78 is 0. The van der Waals surface area contributed by atoms with Crippen LogP contribution in [0.4, 0.5) is 0 Å². The van der Waals surface area contributed by atoms with Crippen LogP contribution in [-0.2, 0) is 0 Å². The standard InChI is InChI=1S/C5H5N.Br2I/c1-2-4-6-5-3-1;1-3-2/h1-5H;/q;-1. The molecule has 9 heavy (non-hydrogen) atoms. The minimum atomic E-state index is 0.215. The van der Waals surface area contributed by atoms with Crippen LogP contribution in [0.1, 0.15) is 0 Å². The van der Waals surface area contributed by atoms with Gasteiger partial charge in [0, 0.05) is 12.4 Å². The maximum absolute atomic E-state index is 3.78. The van der Waals surface area contributed by atoms with Crippen molar-refractivity contribution in [1.29, 1.82) is 0 Å². The molecule has 0 aliphatic carbocycles. The van der Waals surface area contributed by atoms with Crippen molar-refractivity contribution in [3.63, 3.8) is 0 Å². The summed E-state index contributed by atoms with van der Waals surface area (Å²) in [6, 6.07) is 5.72. The van der Waals surface area contributed by atoms with E-state index in [1.807, 2.05) is 18.2 Å². The average molecular weight is 366 g/mol. The molecule has 0 aliphatic rings. The molecule has 1 nitrogen and oxygen atoms in total. The number of halogens is 3. The zero-order valence-corrected chi connectivity index (χ0v) is 9.80. The average Bonchev–Trinajstić information content (AvgIpc) is 1.93. The van der Waals surface area contributed by atoms with E-state index >= 15 is 0 Å². The molecule has 0 amide bonds. The van der Waals surface area contributed by atoms with Crippen molar-refractivity contribution in [1.82, 2.24) is 4.98 Å². The van der Waals surface area contributed by atoms with Crippen LogP contribution in [0.3, 0.4) is 0 Å². The van der Waals surface area contributed by atoms with Gasteiger partial charge in [-0.25, -0.2) is 0 Å². The minimum Gasteiger partial charge on any atom is -0.265 e. The van der Waals surface area contributed by atoms with Gasteiger partial charge in [-0.15, -0.1) is 0 Å². The van der Waals surface area contributed by atoms with E-state index in [2.05, 4.69) is 30.4 Å². The van der Waals surface area contributed by atoms with E-state index in [1.54, 1.807) is 12.4 Å². The van der Waals surface area contributed by atoms with Crippen LogP contribution in [0.25, 0.3) is 0 Å². The van der Waals surface area contributed by atoms with Crippen LogP contribution in [-0.4, -0.2) is 4.98 Å². The third-order valence-electron chi connectivity index (χ3n) is 0.566. The topological polar surface area (TPSA) is 12.9 Å². The van der Waals surface area contributed by atoms with Crippen LogP contribution in [0.2, 0.25) is 0 Å². The first-order valence-electron chi connectivity index (χ1n) is 2.14. The minimum absolute atomic E-state index is 0.215. The molecule has 0 fully saturated rings. The summed E-state index contributed by atoms with van der Waals surface area (Å²) in [5.41, 5.74) is 0. The van der Waals surface area contributed by atoms with Crippen molar-refractivity contribution in [3.05, 3.63) is 30.6 Å². The molecular formula is C5H5Br2IN-. The molecule has 52 valence electrons. The summed E-state index contributed by atoms with van der Waals surface area (Å²) in [6.45, 7) is 0. The van der Waals surface area contributed by atoms with E-state index < -0.39 is 0 Å².